The van der Waals surface area contributed by atoms with E-state index < -0.39 is 0 Å². The Morgan fingerprint density at radius 2 is 2.36 bits per heavy atom. The first-order valence-electron chi connectivity index (χ1n) is 4.85. The molecule has 4 heteroatoms. The van der Waals surface area contributed by atoms with Gasteiger partial charge >= 0.3 is 0 Å². The highest BCUT2D eigenvalue weighted by atomic mass is 15.4. The molecule has 0 unspecified atom stereocenters. The Morgan fingerprint density at radius 3 is 3.29 bits per heavy atom. The van der Waals surface area contributed by atoms with Crippen LogP contribution in [-0.4, -0.2) is 30.5 Å². The molecule has 0 radical (unpaired) electrons. The Morgan fingerprint density at radius 1 is 1.43 bits per heavy atom. The van der Waals surface area contributed by atoms with Gasteiger partial charge in [0.05, 0.1) is 18.5 Å². The fourth-order valence-corrected chi connectivity index (χ4v) is 2.20. The molecule has 0 aromatic carbocycles. The predicted octanol–water partition coefficient (Wildman–Crippen LogP) is 0.851. The standard InChI is InChI=1S/C10H12N4/c1-14-6-7-2-3-9-10(7)8(5-12-14)4-11-13-9/h4-5,11H,2-3,6H2,1H3. The zero-order valence-electron chi connectivity index (χ0n) is 8.12. The fourth-order valence-electron chi connectivity index (χ4n) is 2.20. The van der Waals surface area contributed by atoms with Crippen molar-refractivity contribution in [3.8, 4) is 0 Å². The third-order valence-corrected chi connectivity index (χ3v) is 2.83. The van der Waals surface area contributed by atoms with E-state index in [1.807, 2.05) is 24.5 Å². The molecule has 14 heavy (non-hydrogen) atoms. The van der Waals surface area contributed by atoms with Crippen LogP contribution in [0.4, 0.5) is 0 Å². The Hall–Kier alpha value is -1.58. The Balaban J connectivity index is 2.14. The molecule has 0 aromatic heterocycles. The van der Waals surface area contributed by atoms with Crippen molar-refractivity contribution in [3.05, 3.63) is 22.9 Å². The van der Waals surface area contributed by atoms with E-state index in [1.165, 1.54) is 22.4 Å². The van der Waals surface area contributed by atoms with E-state index in [2.05, 4.69) is 15.6 Å². The van der Waals surface area contributed by atoms with E-state index in [-0.39, 0.29) is 0 Å². The van der Waals surface area contributed by atoms with Crippen LogP contribution in [0.25, 0.3) is 0 Å². The third-order valence-electron chi connectivity index (χ3n) is 2.83. The normalized spacial score (nSPS) is 23.9. The highest BCUT2D eigenvalue weighted by Crippen LogP contribution is 2.31. The molecule has 0 fully saturated rings. The molecule has 0 saturated heterocycles. The highest BCUT2D eigenvalue weighted by molar-refractivity contribution is 6.13. The Labute approximate surface area is 82.7 Å². The van der Waals surface area contributed by atoms with Crippen molar-refractivity contribution in [2.24, 2.45) is 10.2 Å². The molecule has 3 aliphatic rings. The number of rotatable bonds is 0. The van der Waals surface area contributed by atoms with Gasteiger partial charge in [-0.05, 0) is 18.4 Å². The van der Waals surface area contributed by atoms with Crippen LogP contribution in [0, 0.1) is 0 Å². The zero-order valence-corrected chi connectivity index (χ0v) is 8.12. The van der Waals surface area contributed by atoms with Gasteiger partial charge in [0.25, 0.3) is 0 Å². The molecule has 0 saturated carbocycles. The van der Waals surface area contributed by atoms with Gasteiger partial charge in [-0.3, -0.25) is 10.4 Å². The van der Waals surface area contributed by atoms with Crippen LogP contribution in [0.1, 0.15) is 12.8 Å². The van der Waals surface area contributed by atoms with Gasteiger partial charge in [0.1, 0.15) is 0 Å². The first-order valence-corrected chi connectivity index (χ1v) is 4.85. The van der Waals surface area contributed by atoms with Crippen molar-refractivity contribution in [2.45, 2.75) is 12.8 Å². The molecule has 72 valence electrons. The number of likely N-dealkylation sites (N-methyl/N-ethyl adjacent to an activating group) is 1. The number of hydrazone groups is 2. The molecule has 4 nitrogen and oxygen atoms in total. The zero-order chi connectivity index (χ0) is 9.54. The Bertz CT molecular complexity index is 400. The average molecular weight is 188 g/mol. The topological polar surface area (TPSA) is 40.0 Å². The largest absolute Gasteiger partial charge is 0.296 e. The lowest BCUT2D eigenvalue weighted by Crippen LogP contribution is -2.14. The third kappa shape index (κ3) is 0.999. The minimum Gasteiger partial charge on any atom is -0.296 e. The molecule has 2 aliphatic heterocycles. The Kier molecular flexibility index (Phi) is 1.50. The van der Waals surface area contributed by atoms with E-state index in [0.29, 0.717) is 0 Å². The molecule has 0 amide bonds. The van der Waals surface area contributed by atoms with Gasteiger partial charge in [0, 0.05) is 24.4 Å². The second-order valence-corrected chi connectivity index (χ2v) is 3.83. The van der Waals surface area contributed by atoms with Crippen LogP contribution in [0.15, 0.2) is 33.1 Å². The lowest BCUT2D eigenvalue weighted by molar-refractivity contribution is 0.386. The lowest BCUT2D eigenvalue weighted by Gasteiger charge is -2.11. The van der Waals surface area contributed by atoms with Crippen LogP contribution in [0.2, 0.25) is 0 Å². The summed E-state index contributed by atoms with van der Waals surface area (Å²) in [5.74, 6) is 0. The number of hydrogen-bond donors (Lipinski definition) is 1. The van der Waals surface area contributed by atoms with Crippen LogP contribution in [0.3, 0.4) is 0 Å². The molecule has 0 atom stereocenters. The van der Waals surface area contributed by atoms with Crippen molar-refractivity contribution in [3.63, 3.8) is 0 Å². The summed E-state index contributed by atoms with van der Waals surface area (Å²) < 4.78 is 0. The fraction of sp³-hybridized carbons (Fsp3) is 0.400. The van der Waals surface area contributed by atoms with Gasteiger partial charge in [-0.25, -0.2) is 0 Å². The van der Waals surface area contributed by atoms with Gasteiger partial charge in [0.15, 0.2) is 0 Å². The van der Waals surface area contributed by atoms with Crippen LogP contribution in [-0.2, 0) is 0 Å². The SMILES string of the molecule is CN1CC2=C3C(=CNN=C3CC2)C=N1. The monoisotopic (exact) mass is 188 g/mol. The summed E-state index contributed by atoms with van der Waals surface area (Å²) in [5, 5.41) is 10.6. The van der Waals surface area contributed by atoms with Crippen molar-refractivity contribution in [2.75, 3.05) is 13.6 Å². The van der Waals surface area contributed by atoms with Gasteiger partial charge in [-0.2, -0.15) is 10.2 Å². The minimum absolute atomic E-state index is 0.933. The maximum absolute atomic E-state index is 4.33. The number of nitrogens with zero attached hydrogens (tertiary/aromatic N) is 3. The van der Waals surface area contributed by atoms with Crippen LogP contribution < -0.4 is 5.43 Å². The summed E-state index contributed by atoms with van der Waals surface area (Å²) in [4.78, 5) is 0. The summed E-state index contributed by atoms with van der Waals surface area (Å²) in [6.07, 6.45) is 6.03. The molecular weight excluding hydrogens is 176 g/mol. The average Bonchev–Trinajstić information content (AvgIpc) is 2.51. The van der Waals surface area contributed by atoms with Crippen molar-refractivity contribution < 1.29 is 0 Å². The smallest absolute Gasteiger partial charge is 0.0689 e. The number of hydrogen-bond acceptors (Lipinski definition) is 4. The first kappa shape index (κ1) is 7.79. The molecular formula is C10H12N4. The molecule has 0 spiro atoms. The van der Waals surface area contributed by atoms with Gasteiger partial charge < -0.3 is 0 Å². The van der Waals surface area contributed by atoms with Gasteiger partial charge in [0.2, 0.25) is 0 Å². The van der Waals surface area contributed by atoms with Crippen LogP contribution >= 0.6 is 0 Å². The second kappa shape index (κ2) is 2.70. The van der Waals surface area contributed by atoms with E-state index >= 15 is 0 Å². The summed E-state index contributed by atoms with van der Waals surface area (Å²) in [6, 6.07) is 0. The summed E-state index contributed by atoms with van der Waals surface area (Å²) >= 11 is 0. The molecule has 0 bridgehead atoms. The van der Waals surface area contributed by atoms with E-state index in [0.717, 1.165) is 19.4 Å². The summed E-state index contributed by atoms with van der Waals surface area (Å²) in [6.45, 7) is 0.933. The lowest BCUT2D eigenvalue weighted by atomic mass is 10.0. The number of allylic oxidation sites excluding steroid dienone is 2. The summed E-state index contributed by atoms with van der Waals surface area (Å²) in [7, 11) is 2.00. The first-order chi connectivity index (χ1) is 6.84. The maximum atomic E-state index is 4.33. The van der Waals surface area contributed by atoms with Crippen molar-refractivity contribution >= 4 is 11.9 Å². The highest BCUT2D eigenvalue weighted by Gasteiger charge is 2.27. The molecule has 1 aliphatic carbocycles. The van der Waals surface area contributed by atoms with Crippen molar-refractivity contribution in [1.82, 2.24) is 10.4 Å². The van der Waals surface area contributed by atoms with E-state index in [4.69, 9.17) is 0 Å². The van der Waals surface area contributed by atoms with Gasteiger partial charge in [-0.15, -0.1) is 0 Å². The molecule has 1 N–H and O–H groups in total. The van der Waals surface area contributed by atoms with Crippen molar-refractivity contribution in [1.29, 1.82) is 0 Å². The predicted molar refractivity (Wildman–Crippen MR) is 56.0 cm³/mol. The maximum Gasteiger partial charge on any atom is 0.0689 e. The number of nitrogens with one attached hydrogen (secondary N) is 1. The van der Waals surface area contributed by atoms with E-state index in [9.17, 15) is 0 Å². The van der Waals surface area contributed by atoms with Gasteiger partial charge in [-0.1, -0.05) is 0 Å². The minimum atomic E-state index is 0.933. The molecule has 2 heterocycles. The van der Waals surface area contributed by atoms with Crippen LogP contribution in [0.5, 0.6) is 0 Å². The molecule has 3 rings (SSSR count). The van der Waals surface area contributed by atoms with E-state index in [1.54, 1.807) is 0 Å². The quantitative estimate of drug-likeness (QED) is 0.612. The summed E-state index contributed by atoms with van der Waals surface area (Å²) in [5.41, 5.74) is 8.10. The second-order valence-electron chi connectivity index (χ2n) is 3.83. The molecule has 0 aromatic rings.